The number of carbonyl (C=O) groups is 2. The molecule has 1 aromatic carbocycles. The van der Waals surface area contributed by atoms with Gasteiger partial charge in [0.25, 0.3) is 0 Å². The highest BCUT2D eigenvalue weighted by Gasteiger charge is 2.30. The van der Waals surface area contributed by atoms with Crippen LogP contribution in [0.2, 0.25) is 0 Å². The molecule has 1 aliphatic rings. The first kappa shape index (κ1) is 21.8. The van der Waals surface area contributed by atoms with Gasteiger partial charge in [-0.2, -0.15) is 13.2 Å². The molecule has 2 aromatic rings. The highest BCUT2D eigenvalue weighted by Crippen LogP contribution is 2.30. The Morgan fingerprint density at radius 2 is 1.57 bits per heavy atom. The van der Waals surface area contributed by atoms with E-state index in [-0.39, 0.29) is 30.6 Å². The third kappa shape index (κ3) is 5.58. The fraction of sp³-hybridized carbons (Fsp3) is 0.409. The highest BCUT2D eigenvalue weighted by molar-refractivity contribution is 5.80. The Hall–Kier alpha value is -2.90. The van der Waals surface area contributed by atoms with Crippen LogP contribution in [0.1, 0.15) is 36.1 Å². The van der Waals surface area contributed by atoms with Crippen molar-refractivity contribution in [2.75, 3.05) is 26.2 Å². The Morgan fingerprint density at radius 1 is 0.967 bits per heavy atom. The number of alkyl halides is 3. The predicted octanol–water partition coefficient (Wildman–Crippen LogP) is 3.51. The van der Waals surface area contributed by atoms with Crippen molar-refractivity contribution in [3.05, 3.63) is 65.5 Å². The Kier molecular flexibility index (Phi) is 6.74. The molecule has 30 heavy (non-hydrogen) atoms. The van der Waals surface area contributed by atoms with E-state index < -0.39 is 11.7 Å². The van der Waals surface area contributed by atoms with Gasteiger partial charge in [0, 0.05) is 44.5 Å². The summed E-state index contributed by atoms with van der Waals surface area (Å²) >= 11 is 0. The van der Waals surface area contributed by atoms with Crippen molar-refractivity contribution in [2.45, 2.75) is 31.9 Å². The lowest BCUT2D eigenvalue weighted by molar-refractivity contribution is -0.139. The van der Waals surface area contributed by atoms with E-state index >= 15 is 0 Å². The lowest BCUT2D eigenvalue weighted by Crippen LogP contribution is -2.51. The largest absolute Gasteiger partial charge is 0.416 e. The molecule has 1 aromatic heterocycles. The Morgan fingerprint density at radius 3 is 2.10 bits per heavy atom. The summed E-state index contributed by atoms with van der Waals surface area (Å²) < 4.78 is 38.1. The van der Waals surface area contributed by atoms with Crippen LogP contribution >= 0.6 is 0 Å². The van der Waals surface area contributed by atoms with Crippen LogP contribution in [0.5, 0.6) is 0 Å². The maximum absolute atomic E-state index is 12.7. The van der Waals surface area contributed by atoms with Gasteiger partial charge >= 0.3 is 6.18 Å². The third-order valence-electron chi connectivity index (χ3n) is 5.33. The van der Waals surface area contributed by atoms with E-state index in [1.807, 2.05) is 13.0 Å². The van der Waals surface area contributed by atoms with Crippen LogP contribution in [-0.2, 0) is 22.2 Å². The molecule has 2 heterocycles. The Labute approximate surface area is 173 Å². The summed E-state index contributed by atoms with van der Waals surface area (Å²) in [6.07, 6.45) is -2.27. The third-order valence-corrected chi connectivity index (χ3v) is 5.33. The lowest BCUT2D eigenvalue weighted by Gasteiger charge is -2.35. The van der Waals surface area contributed by atoms with E-state index in [2.05, 4.69) is 4.98 Å². The van der Waals surface area contributed by atoms with Gasteiger partial charge in [-0.1, -0.05) is 25.1 Å². The molecule has 1 aliphatic heterocycles. The molecular formula is C22H24F3N3O2. The second-order valence-electron chi connectivity index (χ2n) is 7.48. The molecule has 0 aliphatic carbocycles. The minimum absolute atomic E-state index is 0.0149. The molecule has 0 saturated carbocycles. The van der Waals surface area contributed by atoms with Gasteiger partial charge in [-0.25, -0.2) is 0 Å². The molecule has 0 radical (unpaired) electrons. The zero-order chi connectivity index (χ0) is 21.7. The molecule has 0 spiro atoms. The molecule has 3 rings (SSSR count). The van der Waals surface area contributed by atoms with E-state index in [4.69, 9.17) is 0 Å². The van der Waals surface area contributed by atoms with E-state index in [0.29, 0.717) is 37.4 Å². The first-order valence-corrected chi connectivity index (χ1v) is 9.86. The molecule has 1 fully saturated rings. The molecule has 5 nitrogen and oxygen atoms in total. The van der Waals surface area contributed by atoms with Gasteiger partial charge in [0.15, 0.2) is 0 Å². The van der Waals surface area contributed by atoms with Crippen LogP contribution in [0, 0.1) is 0 Å². The zero-order valence-corrected chi connectivity index (χ0v) is 16.7. The lowest BCUT2D eigenvalue weighted by atomic mass is 9.96. The zero-order valence-electron chi connectivity index (χ0n) is 16.7. The first-order chi connectivity index (χ1) is 14.2. The smallest absolute Gasteiger partial charge is 0.339 e. The summed E-state index contributed by atoms with van der Waals surface area (Å²) in [4.78, 5) is 32.6. The summed E-state index contributed by atoms with van der Waals surface area (Å²) in [5.74, 6) is -0.262. The molecule has 160 valence electrons. The topological polar surface area (TPSA) is 53.5 Å². The summed E-state index contributed by atoms with van der Waals surface area (Å²) in [6, 6.07) is 10.4. The molecule has 1 saturated heterocycles. The van der Waals surface area contributed by atoms with Crippen molar-refractivity contribution in [1.29, 1.82) is 0 Å². The molecule has 0 N–H and O–H groups in total. The number of nitrogens with zero attached hydrogens (tertiary/aromatic N) is 3. The number of amides is 2. The second-order valence-corrected chi connectivity index (χ2v) is 7.48. The van der Waals surface area contributed by atoms with Crippen LogP contribution < -0.4 is 0 Å². The first-order valence-electron chi connectivity index (χ1n) is 9.86. The van der Waals surface area contributed by atoms with Crippen molar-refractivity contribution in [3.8, 4) is 0 Å². The van der Waals surface area contributed by atoms with E-state index in [9.17, 15) is 22.8 Å². The maximum atomic E-state index is 12.7. The maximum Gasteiger partial charge on any atom is 0.416 e. The summed E-state index contributed by atoms with van der Waals surface area (Å²) in [7, 11) is 0. The van der Waals surface area contributed by atoms with Crippen molar-refractivity contribution in [3.63, 3.8) is 0 Å². The highest BCUT2D eigenvalue weighted by atomic mass is 19.4. The van der Waals surface area contributed by atoms with Gasteiger partial charge in [0.2, 0.25) is 11.8 Å². The molecule has 1 unspecified atom stereocenters. The monoisotopic (exact) mass is 419 g/mol. The van der Waals surface area contributed by atoms with Gasteiger partial charge in [0.05, 0.1) is 12.0 Å². The minimum Gasteiger partial charge on any atom is -0.339 e. The predicted molar refractivity (Wildman–Crippen MR) is 106 cm³/mol. The SMILES string of the molecule is CC(CC(=O)N1CCN(C(=O)Cc2ccccn2)CC1)c1ccc(C(F)(F)F)cc1. The van der Waals surface area contributed by atoms with Crippen molar-refractivity contribution in [2.24, 2.45) is 0 Å². The number of rotatable bonds is 5. The van der Waals surface area contributed by atoms with Crippen molar-refractivity contribution < 1.29 is 22.8 Å². The van der Waals surface area contributed by atoms with Gasteiger partial charge in [-0.15, -0.1) is 0 Å². The van der Waals surface area contributed by atoms with E-state index in [1.165, 1.54) is 12.1 Å². The quantitative estimate of drug-likeness (QED) is 0.745. The number of aromatic nitrogens is 1. The normalized spacial score (nSPS) is 15.7. The van der Waals surface area contributed by atoms with Crippen molar-refractivity contribution in [1.82, 2.24) is 14.8 Å². The van der Waals surface area contributed by atoms with E-state index in [1.54, 1.807) is 28.1 Å². The minimum atomic E-state index is -4.37. The van der Waals surface area contributed by atoms with Crippen LogP contribution in [0.3, 0.4) is 0 Å². The fourth-order valence-electron chi connectivity index (χ4n) is 3.48. The number of halogens is 3. The molecule has 1 atom stereocenters. The van der Waals surface area contributed by atoms with E-state index in [0.717, 1.165) is 12.1 Å². The Balaban J connectivity index is 1.48. The molecule has 0 bridgehead atoms. The fourth-order valence-corrected chi connectivity index (χ4v) is 3.48. The van der Waals surface area contributed by atoms with Gasteiger partial charge < -0.3 is 9.80 Å². The van der Waals surface area contributed by atoms with Gasteiger partial charge in [-0.3, -0.25) is 14.6 Å². The van der Waals surface area contributed by atoms with Crippen LogP contribution in [-0.4, -0.2) is 52.8 Å². The summed E-state index contributed by atoms with van der Waals surface area (Å²) in [5, 5.41) is 0. The average Bonchev–Trinajstić information content (AvgIpc) is 2.74. The van der Waals surface area contributed by atoms with Crippen molar-refractivity contribution >= 4 is 11.8 Å². The molecule has 2 amide bonds. The summed E-state index contributed by atoms with van der Waals surface area (Å²) in [6.45, 7) is 3.66. The number of carbonyl (C=O) groups excluding carboxylic acids is 2. The number of benzene rings is 1. The second kappa shape index (κ2) is 9.28. The number of hydrogen-bond acceptors (Lipinski definition) is 3. The molecule has 8 heteroatoms. The standard InChI is InChI=1S/C22H24F3N3O2/c1-16(17-5-7-18(8-6-17)22(23,24)25)14-20(29)27-10-12-28(13-11-27)21(30)15-19-4-2-3-9-26-19/h2-9,16H,10-15H2,1H3. The van der Waals surface area contributed by atoms with Crippen LogP contribution in [0.15, 0.2) is 48.7 Å². The summed E-state index contributed by atoms with van der Waals surface area (Å²) in [5.41, 5.74) is 0.711. The van der Waals surface area contributed by atoms with Crippen LogP contribution in [0.25, 0.3) is 0 Å². The molecular weight excluding hydrogens is 395 g/mol. The number of piperazine rings is 1. The van der Waals surface area contributed by atoms with Gasteiger partial charge in [-0.05, 0) is 35.7 Å². The number of hydrogen-bond donors (Lipinski definition) is 0. The number of pyridine rings is 1. The van der Waals surface area contributed by atoms with Crippen LogP contribution in [0.4, 0.5) is 13.2 Å². The average molecular weight is 419 g/mol. The van der Waals surface area contributed by atoms with Gasteiger partial charge in [0.1, 0.15) is 0 Å². The Bertz CT molecular complexity index is 861.